The van der Waals surface area contributed by atoms with Gasteiger partial charge in [0.2, 0.25) is 0 Å². The first kappa shape index (κ1) is 10.4. The van der Waals surface area contributed by atoms with E-state index in [0.29, 0.717) is 11.4 Å². The van der Waals surface area contributed by atoms with Crippen LogP contribution in [0.25, 0.3) is 0 Å². The molecular weight excluding hydrogens is 216 g/mol. The summed E-state index contributed by atoms with van der Waals surface area (Å²) in [7, 11) is 0. The van der Waals surface area contributed by atoms with Gasteiger partial charge in [-0.2, -0.15) is 0 Å². The fraction of sp³-hybridized carbons (Fsp3) is 0.462. The number of hydrogen-bond donors (Lipinski definition) is 2. The molecule has 0 atom stereocenters. The van der Waals surface area contributed by atoms with E-state index in [1.54, 1.807) is 6.07 Å². The Bertz CT molecular complexity index is 490. The van der Waals surface area contributed by atoms with E-state index in [9.17, 15) is 4.79 Å². The summed E-state index contributed by atoms with van der Waals surface area (Å²) in [5.41, 5.74) is 7.46. The molecule has 0 aromatic heterocycles. The minimum atomic E-state index is -0.631. The number of hydrogen-bond acceptors (Lipinski definition) is 3. The van der Waals surface area contributed by atoms with Crippen LogP contribution in [0, 0.1) is 6.92 Å². The first-order valence-electron chi connectivity index (χ1n) is 6.01. The van der Waals surface area contributed by atoms with E-state index in [1.165, 1.54) is 0 Å². The maximum atomic E-state index is 12.1. The van der Waals surface area contributed by atoms with Crippen molar-refractivity contribution in [2.45, 2.75) is 38.2 Å². The molecule has 90 valence electrons. The van der Waals surface area contributed by atoms with Crippen LogP contribution in [0.4, 0.5) is 11.4 Å². The van der Waals surface area contributed by atoms with Gasteiger partial charge in [0, 0.05) is 5.69 Å². The minimum Gasteiger partial charge on any atom is -0.475 e. The van der Waals surface area contributed by atoms with E-state index in [4.69, 9.17) is 10.5 Å². The number of carbonyl (C=O) groups is 1. The number of nitrogens with two attached hydrogens (primary N) is 1. The second-order valence-electron chi connectivity index (χ2n) is 4.97. The third-order valence-corrected chi connectivity index (χ3v) is 3.67. The predicted octanol–water partition coefficient (Wildman–Crippen LogP) is 2.22. The molecule has 0 radical (unpaired) electrons. The number of benzene rings is 1. The first-order valence-corrected chi connectivity index (χ1v) is 6.01. The largest absolute Gasteiger partial charge is 0.475 e. The Morgan fingerprint density at radius 1 is 1.35 bits per heavy atom. The fourth-order valence-electron chi connectivity index (χ4n) is 2.78. The zero-order chi connectivity index (χ0) is 12.0. The number of nitrogen functional groups attached to an aromatic ring is 1. The summed E-state index contributed by atoms with van der Waals surface area (Å²) in [5.74, 6) is 0.758. The molecule has 4 nitrogen and oxygen atoms in total. The highest BCUT2D eigenvalue weighted by atomic mass is 16.5. The quantitative estimate of drug-likeness (QED) is 0.674. The van der Waals surface area contributed by atoms with Gasteiger partial charge in [0.05, 0.1) is 5.69 Å². The van der Waals surface area contributed by atoms with Crippen molar-refractivity contribution in [2.75, 3.05) is 11.1 Å². The van der Waals surface area contributed by atoms with Gasteiger partial charge in [-0.1, -0.05) is 0 Å². The highest BCUT2D eigenvalue weighted by molar-refractivity contribution is 6.01. The van der Waals surface area contributed by atoms with Crippen LogP contribution < -0.4 is 15.8 Å². The number of rotatable bonds is 0. The first-order chi connectivity index (χ1) is 8.11. The zero-order valence-electron chi connectivity index (χ0n) is 9.88. The Morgan fingerprint density at radius 2 is 2.06 bits per heavy atom. The number of amides is 1. The molecule has 2 aliphatic rings. The van der Waals surface area contributed by atoms with E-state index in [0.717, 1.165) is 37.0 Å². The highest BCUT2D eigenvalue weighted by Gasteiger charge is 2.47. The van der Waals surface area contributed by atoms with Gasteiger partial charge in [0.1, 0.15) is 5.75 Å². The molecule has 1 spiro atoms. The number of fused-ring (bicyclic) bond motifs is 1. The molecule has 4 heteroatoms. The van der Waals surface area contributed by atoms with Gasteiger partial charge < -0.3 is 15.8 Å². The smallest absolute Gasteiger partial charge is 0.268 e. The van der Waals surface area contributed by atoms with Crippen LogP contribution in [-0.2, 0) is 4.79 Å². The van der Waals surface area contributed by atoms with Crippen LogP contribution in [0.15, 0.2) is 12.1 Å². The van der Waals surface area contributed by atoms with Crippen molar-refractivity contribution in [2.24, 2.45) is 0 Å². The lowest BCUT2D eigenvalue weighted by Crippen LogP contribution is -2.48. The maximum absolute atomic E-state index is 12.1. The van der Waals surface area contributed by atoms with Gasteiger partial charge in [-0.15, -0.1) is 0 Å². The molecule has 0 bridgehead atoms. The fourth-order valence-corrected chi connectivity index (χ4v) is 2.78. The lowest BCUT2D eigenvalue weighted by atomic mass is 9.97. The van der Waals surface area contributed by atoms with Gasteiger partial charge in [0.15, 0.2) is 5.60 Å². The highest BCUT2D eigenvalue weighted by Crippen LogP contribution is 2.44. The van der Waals surface area contributed by atoms with E-state index in [2.05, 4.69) is 5.32 Å². The molecule has 3 rings (SSSR count). The normalized spacial score (nSPS) is 20.9. The Hall–Kier alpha value is -1.71. The van der Waals surface area contributed by atoms with Gasteiger partial charge in [-0.3, -0.25) is 4.79 Å². The van der Waals surface area contributed by atoms with Crippen LogP contribution in [-0.4, -0.2) is 11.5 Å². The lowest BCUT2D eigenvalue weighted by molar-refractivity contribution is -0.131. The van der Waals surface area contributed by atoms with Crippen molar-refractivity contribution in [1.29, 1.82) is 0 Å². The molecule has 1 aromatic rings. The molecule has 1 aliphatic heterocycles. The van der Waals surface area contributed by atoms with E-state index in [1.807, 2.05) is 13.0 Å². The van der Waals surface area contributed by atoms with Crippen LogP contribution in [0.2, 0.25) is 0 Å². The summed E-state index contributed by atoms with van der Waals surface area (Å²) in [6, 6.07) is 3.63. The standard InChI is InChI=1S/C13H16N2O2/c1-8-6-9(14)7-10-11(8)17-13(12(16)15-10)4-2-3-5-13/h6-7H,2-5,14H2,1H3,(H,15,16). The van der Waals surface area contributed by atoms with Crippen molar-refractivity contribution >= 4 is 17.3 Å². The molecular formula is C13H16N2O2. The van der Waals surface area contributed by atoms with Gasteiger partial charge in [-0.25, -0.2) is 0 Å². The number of nitrogens with one attached hydrogen (secondary N) is 1. The number of carbonyl (C=O) groups excluding carboxylic acids is 1. The average molecular weight is 232 g/mol. The van der Waals surface area contributed by atoms with Crippen molar-refractivity contribution in [1.82, 2.24) is 0 Å². The predicted molar refractivity (Wildman–Crippen MR) is 66.0 cm³/mol. The van der Waals surface area contributed by atoms with E-state index < -0.39 is 5.60 Å². The summed E-state index contributed by atoms with van der Waals surface area (Å²) in [6.45, 7) is 1.95. The molecule has 17 heavy (non-hydrogen) atoms. The Balaban J connectivity index is 2.07. The molecule has 0 unspecified atom stereocenters. The molecule has 1 heterocycles. The third-order valence-electron chi connectivity index (χ3n) is 3.67. The van der Waals surface area contributed by atoms with Crippen molar-refractivity contribution in [3.05, 3.63) is 17.7 Å². The number of aryl methyl sites for hydroxylation is 1. The van der Waals surface area contributed by atoms with E-state index in [-0.39, 0.29) is 5.91 Å². The van der Waals surface area contributed by atoms with Gasteiger partial charge in [-0.05, 0) is 50.3 Å². The summed E-state index contributed by atoms with van der Waals surface area (Å²) in [4.78, 5) is 12.1. The molecule has 1 fully saturated rings. The van der Waals surface area contributed by atoms with Crippen molar-refractivity contribution in [3.8, 4) is 5.75 Å². The second-order valence-corrected chi connectivity index (χ2v) is 4.97. The summed E-state index contributed by atoms with van der Waals surface area (Å²) in [5, 5.41) is 2.93. The average Bonchev–Trinajstić information content (AvgIpc) is 2.71. The van der Waals surface area contributed by atoms with Crippen LogP contribution in [0.1, 0.15) is 31.2 Å². The Morgan fingerprint density at radius 3 is 2.76 bits per heavy atom. The number of ether oxygens (including phenoxy) is 1. The molecule has 1 aromatic carbocycles. The lowest BCUT2D eigenvalue weighted by Gasteiger charge is -2.35. The van der Waals surface area contributed by atoms with Crippen molar-refractivity contribution < 1.29 is 9.53 Å². The Kier molecular flexibility index (Phi) is 2.08. The maximum Gasteiger partial charge on any atom is 0.268 e. The molecule has 3 N–H and O–H groups in total. The summed E-state index contributed by atoms with van der Waals surface area (Å²) < 4.78 is 6.01. The third kappa shape index (κ3) is 1.47. The van der Waals surface area contributed by atoms with E-state index >= 15 is 0 Å². The SMILES string of the molecule is Cc1cc(N)cc2c1OC1(CCCC1)C(=O)N2. The molecule has 1 saturated carbocycles. The van der Waals surface area contributed by atoms with Crippen LogP contribution >= 0.6 is 0 Å². The summed E-state index contributed by atoms with van der Waals surface area (Å²) >= 11 is 0. The minimum absolute atomic E-state index is 0.0208. The molecule has 0 saturated heterocycles. The molecule has 1 aliphatic carbocycles. The van der Waals surface area contributed by atoms with Gasteiger partial charge >= 0.3 is 0 Å². The van der Waals surface area contributed by atoms with Crippen LogP contribution in [0.3, 0.4) is 0 Å². The molecule has 1 amide bonds. The van der Waals surface area contributed by atoms with Crippen LogP contribution in [0.5, 0.6) is 5.75 Å². The monoisotopic (exact) mass is 232 g/mol. The van der Waals surface area contributed by atoms with Crippen molar-refractivity contribution in [3.63, 3.8) is 0 Å². The number of anilines is 2. The van der Waals surface area contributed by atoms with Gasteiger partial charge in [0.25, 0.3) is 5.91 Å². The topological polar surface area (TPSA) is 64.3 Å². The summed E-state index contributed by atoms with van der Waals surface area (Å²) in [6.07, 6.45) is 3.72. The zero-order valence-corrected chi connectivity index (χ0v) is 9.88. The Labute approximate surface area is 100 Å². The second kappa shape index (κ2) is 3.39.